The predicted molar refractivity (Wildman–Crippen MR) is 54.3 cm³/mol. The Kier molecular flexibility index (Phi) is 4.17. The van der Waals surface area contributed by atoms with Crippen LogP contribution in [0.4, 0.5) is 0 Å². The molecule has 0 saturated heterocycles. The molecule has 0 saturated carbocycles. The average molecular weight is 188 g/mol. The van der Waals surface area contributed by atoms with Gasteiger partial charge in [-0.3, -0.25) is 0 Å². The summed E-state index contributed by atoms with van der Waals surface area (Å²) in [6, 6.07) is 0. The van der Waals surface area contributed by atoms with Crippen LogP contribution in [0.15, 0.2) is 12.3 Å². The summed E-state index contributed by atoms with van der Waals surface area (Å²) in [7, 11) is 1.23. The number of hydrogen-bond donors (Lipinski definition) is 0. The Morgan fingerprint density at radius 3 is 1.83 bits per heavy atom. The van der Waals surface area contributed by atoms with E-state index in [0.717, 1.165) is 6.42 Å². The molecule has 0 spiro atoms. The molecule has 0 amide bonds. The van der Waals surface area contributed by atoms with Crippen LogP contribution in [0.1, 0.15) is 27.2 Å². The van der Waals surface area contributed by atoms with E-state index in [-0.39, 0.29) is 5.04 Å². The van der Waals surface area contributed by atoms with Crippen LogP contribution in [-0.4, -0.2) is 22.8 Å². The lowest BCUT2D eigenvalue weighted by Crippen LogP contribution is -2.48. The molecule has 0 heterocycles. The summed E-state index contributed by atoms with van der Waals surface area (Å²) in [4.78, 5) is 0. The molecule has 0 bridgehead atoms. The normalized spacial score (nSPS) is 13.1. The first-order chi connectivity index (χ1) is 5.49. The van der Waals surface area contributed by atoms with Crippen LogP contribution >= 0.6 is 0 Å². The van der Waals surface area contributed by atoms with Crippen molar-refractivity contribution in [3.63, 3.8) is 0 Å². The zero-order chi connectivity index (χ0) is 9.83. The van der Waals surface area contributed by atoms with Crippen LogP contribution in [0.5, 0.6) is 0 Å². The van der Waals surface area contributed by atoms with Crippen LogP contribution in [0.25, 0.3) is 0 Å². The number of rotatable bonds is 5. The van der Waals surface area contributed by atoms with Gasteiger partial charge in [0.25, 0.3) is 0 Å². The summed E-state index contributed by atoms with van der Waals surface area (Å²) in [5, 5.41) is 0.0816. The average Bonchev–Trinajstić information content (AvgIpc) is 2.08. The molecule has 0 aromatic heterocycles. The van der Waals surface area contributed by atoms with Crippen LogP contribution in [0, 0.1) is 0 Å². The molecule has 0 aliphatic rings. The third kappa shape index (κ3) is 1.79. The maximum absolute atomic E-state index is 5.49. The molecule has 0 rings (SSSR count). The van der Waals surface area contributed by atoms with E-state index >= 15 is 0 Å². The van der Waals surface area contributed by atoms with Gasteiger partial charge in [0.15, 0.2) is 0 Å². The van der Waals surface area contributed by atoms with E-state index in [0.29, 0.717) is 0 Å². The summed E-state index contributed by atoms with van der Waals surface area (Å²) in [6.07, 6.45) is 1.03. The molecule has 72 valence electrons. The topological polar surface area (TPSA) is 18.5 Å². The Labute approximate surface area is 76.8 Å². The predicted octanol–water partition coefficient (Wildman–Crippen LogP) is 2.64. The molecule has 0 aromatic rings. The molecule has 0 aliphatic carbocycles. The Balaban J connectivity index is 4.81. The van der Waals surface area contributed by atoms with Gasteiger partial charge in [-0.15, -0.1) is 6.58 Å². The maximum Gasteiger partial charge on any atom is 0.369 e. The number of hydrogen-bond acceptors (Lipinski definition) is 2. The van der Waals surface area contributed by atoms with Crippen LogP contribution in [-0.2, 0) is 8.85 Å². The van der Waals surface area contributed by atoms with Crippen molar-refractivity contribution >= 4 is 8.56 Å². The third-order valence-electron chi connectivity index (χ3n) is 2.70. The molecule has 0 radical (unpaired) electrons. The molecule has 0 unspecified atom stereocenters. The van der Waals surface area contributed by atoms with E-state index in [1.165, 1.54) is 0 Å². The van der Waals surface area contributed by atoms with Gasteiger partial charge in [-0.05, 0) is 12.1 Å². The summed E-state index contributed by atoms with van der Waals surface area (Å²) in [5.41, 5.74) is 1.86. The standard InChI is InChI=1S/C9H20O2Si/c1-7-9(3,4)12(8-2,10-5)11-6/h8H,2,7H2,1,3-6H3. The first-order valence-corrected chi connectivity index (χ1v) is 6.13. The van der Waals surface area contributed by atoms with Gasteiger partial charge >= 0.3 is 8.56 Å². The monoisotopic (exact) mass is 188 g/mol. The lowest BCUT2D eigenvalue weighted by molar-refractivity contribution is 0.222. The van der Waals surface area contributed by atoms with E-state index in [1.807, 2.05) is 5.70 Å². The van der Waals surface area contributed by atoms with Crippen LogP contribution in [0.2, 0.25) is 5.04 Å². The van der Waals surface area contributed by atoms with Gasteiger partial charge in [0, 0.05) is 19.3 Å². The molecular weight excluding hydrogens is 168 g/mol. The fourth-order valence-corrected chi connectivity index (χ4v) is 3.98. The Bertz CT molecular complexity index is 151. The smallest absolute Gasteiger partial charge is 0.369 e. The minimum Gasteiger partial charge on any atom is -0.394 e. The zero-order valence-corrected chi connectivity index (χ0v) is 9.81. The van der Waals surface area contributed by atoms with E-state index in [2.05, 4.69) is 27.4 Å². The van der Waals surface area contributed by atoms with E-state index in [4.69, 9.17) is 8.85 Å². The van der Waals surface area contributed by atoms with Crippen LogP contribution in [0.3, 0.4) is 0 Å². The third-order valence-corrected chi connectivity index (χ3v) is 6.69. The highest BCUT2D eigenvalue weighted by Gasteiger charge is 2.47. The molecule has 0 aromatic carbocycles. The lowest BCUT2D eigenvalue weighted by Gasteiger charge is -2.38. The molecule has 12 heavy (non-hydrogen) atoms. The van der Waals surface area contributed by atoms with Gasteiger partial charge in [-0.2, -0.15) is 0 Å². The first kappa shape index (κ1) is 11.9. The highest BCUT2D eigenvalue weighted by molar-refractivity contribution is 6.75. The van der Waals surface area contributed by atoms with Gasteiger partial charge in [-0.1, -0.05) is 20.8 Å². The Hall–Kier alpha value is -0.123. The highest BCUT2D eigenvalue weighted by atomic mass is 28.4. The molecular formula is C9H20O2Si. The minimum absolute atomic E-state index is 0.0816. The summed E-state index contributed by atoms with van der Waals surface area (Å²) >= 11 is 0. The van der Waals surface area contributed by atoms with Crippen molar-refractivity contribution in [2.75, 3.05) is 14.2 Å². The summed E-state index contributed by atoms with van der Waals surface area (Å²) in [5.74, 6) is 0. The molecule has 0 aliphatic heterocycles. The van der Waals surface area contributed by atoms with Crippen molar-refractivity contribution in [1.82, 2.24) is 0 Å². The molecule has 0 N–H and O–H groups in total. The van der Waals surface area contributed by atoms with E-state index in [9.17, 15) is 0 Å². The largest absolute Gasteiger partial charge is 0.394 e. The Morgan fingerprint density at radius 1 is 1.33 bits per heavy atom. The van der Waals surface area contributed by atoms with Crippen molar-refractivity contribution in [3.05, 3.63) is 12.3 Å². The van der Waals surface area contributed by atoms with E-state index < -0.39 is 8.56 Å². The van der Waals surface area contributed by atoms with Gasteiger partial charge < -0.3 is 8.85 Å². The SMILES string of the molecule is C=C[Si](OC)(OC)C(C)(C)CC. The fraction of sp³-hybridized carbons (Fsp3) is 0.778. The molecule has 0 atom stereocenters. The van der Waals surface area contributed by atoms with E-state index in [1.54, 1.807) is 14.2 Å². The van der Waals surface area contributed by atoms with Crippen molar-refractivity contribution < 1.29 is 8.85 Å². The Morgan fingerprint density at radius 2 is 1.75 bits per heavy atom. The van der Waals surface area contributed by atoms with Gasteiger partial charge in [-0.25, -0.2) is 0 Å². The van der Waals surface area contributed by atoms with Gasteiger partial charge in [0.2, 0.25) is 0 Å². The quantitative estimate of drug-likeness (QED) is 0.618. The van der Waals surface area contributed by atoms with Crippen molar-refractivity contribution in [2.45, 2.75) is 32.2 Å². The zero-order valence-electron chi connectivity index (χ0n) is 8.81. The molecule has 3 heteroatoms. The maximum atomic E-state index is 5.49. The van der Waals surface area contributed by atoms with Gasteiger partial charge in [0.05, 0.1) is 0 Å². The molecule has 2 nitrogen and oxygen atoms in total. The highest BCUT2D eigenvalue weighted by Crippen LogP contribution is 2.41. The second-order valence-electron chi connectivity index (χ2n) is 3.52. The second kappa shape index (κ2) is 4.21. The summed E-state index contributed by atoms with van der Waals surface area (Å²) < 4.78 is 11.0. The van der Waals surface area contributed by atoms with Crippen LogP contribution < -0.4 is 0 Å². The summed E-state index contributed by atoms with van der Waals surface area (Å²) in [6.45, 7) is 10.3. The van der Waals surface area contributed by atoms with Crippen molar-refractivity contribution in [2.24, 2.45) is 0 Å². The van der Waals surface area contributed by atoms with Crippen molar-refractivity contribution in [3.8, 4) is 0 Å². The first-order valence-electron chi connectivity index (χ1n) is 4.23. The van der Waals surface area contributed by atoms with Crippen molar-refractivity contribution in [1.29, 1.82) is 0 Å². The fourth-order valence-electron chi connectivity index (χ4n) is 1.33. The second-order valence-corrected chi connectivity index (χ2v) is 7.43. The lowest BCUT2D eigenvalue weighted by atomic mass is 10.1. The van der Waals surface area contributed by atoms with Gasteiger partial charge in [0.1, 0.15) is 0 Å². The molecule has 0 fully saturated rings. The minimum atomic E-state index is -2.18.